The van der Waals surface area contributed by atoms with Crippen LogP contribution in [0.1, 0.15) is 31.2 Å². The highest BCUT2D eigenvalue weighted by molar-refractivity contribution is 5.67. The number of ether oxygens (including phenoxy) is 1. The molecule has 3 N–H and O–H groups in total. The summed E-state index contributed by atoms with van der Waals surface area (Å²) < 4.78 is 5.08. The van der Waals surface area contributed by atoms with E-state index in [9.17, 15) is 4.79 Å². The Morgan fingerprint density at radius 3 is 2.47 bits per heavy atom. The van der Waals surface area contributed by atoms with Crippen LogP contribution in [0.3, 0.4) is 0 Å². The Hall–Kier alpha value is -1.55. The molecule has 2 atom stereocenters. The van der Waals surface area contributed by atoms with E-state index in [0.29, 0.717) is 6.42 Å². The summed E-state index contributed by atoms with van der Waals surface area (Å²) in [5, 5.41) is 8.64. The highest BCUT2D eigenvalue weighted by atomic mass is 16.5. The lowest BCUT2D eigenvalue weighted by atomic mass is 9.93. The summed E-state index contributed by atoms with van der Waals surface area (Å²) in [5.41, 5.74) is 6.91. The molecule has 0 spiro atoms. The molecule has 0 saturated heterocycles. The minimum absolute atomic E-state index is 0.0144. The lowest BCUT2D eigenvalue weighted by Gasteiger charge is -2.16. The summed E-state index contributed by atoms with van der Waals surface area (Å²) in [6.07, 6.45) is 0.680. The van der Waals surface area contributed by atoms with E-state index < -0.39 is 5.97 Å². The summed E-state index contributed by atoms with van der Waals surface area (Å²) in [5.74, 6) is 0.213. The minimum atomic E-state index is -0.848. The molecule has 1 unspecified atom stereocenters. The van der Waals surface area contributed by atoms with Crippen LogP contribution in [0.25, 0.3) is 0 Å². The molecule has 4 nitrogen and oxygen atoms in total. The van der Waals surface area contributed by atoms with Crippen molar-refractivity contribution in [1.29, 1.82) is 0 Å². The first kappa shape index (κ1) is 13.5. The van der Waals surface area contributed by atoms with Crippen LogP contribution in [0.15, 0.2) is 24.3 Å². The number of methoxy groups -OCH3 is 1. The van der Waals surface area contributed by atoms with E-state index in [0.717, 1.165) is 11.3 Å². The van der Waals surface area contributed by atoms with Crippen molar-refractivity contribution in [2.24, 2.45) is 5.73 Å². The van der Waals surface area contributed by atoms with Gasteiger partial charge < -0.3 is 15.6 Å². The number of carboxylic acids is 1. The maximum absolute atomic E-state index is 10.5. The Kier molecular flexibility index (Phi) is 4.97. The zero-order chi connectivity index (χ0) is 12.8. The summed E-state index contributed by atoms with van der Waals surface area (Å²) in [6, 6.07) is 7.46. The molecule has 0 fully saturated rings. The predicted molar refractivity (Wildman–Crippen MR) is 66.3 cm³/mol. The molecule has 94 valence electrons. The zero-order valence-corrected chi connectivity index (χ0v) is 10.2. The topological polar surface area (TPSA) is 72.5 Å². The maximum Gasteiger partial charge on any atom is 0.304 e. The second kappa shape index (κ2) is 6.25. The number of benzene rings is 1. The molecule has 1 aromatic rings. The van der Waals surface area contributed by atoms with E-state index in [1.807, 2.05) is 31.2 Å². The van der Waals surface area contributed by atoms with Crippen LogP contribution in [0.4, 0.5) is 0 Å². The van der Waals surface area contributed by atoms with Crippen LogP contribution in [0.2, 0.25) is 0 Å². The van der Waals surface area contributed by atoms with Crippen molar-refractivity contribution in [3.05, 3.63) is 29.8 Å². The first-order valence-electron chi connectivity index (χ1n) is 5.64. The van der Waals surface area contributed by atoms with Crippen LogP contribution < -0.4 is 10.5 Å². The molecule has 0 bridgehead atoms. The third-order valence-electron chi connectivity index (χ3n) is 2.78. The molecule has 0 heterocycles. The molecule has 0 aromatic heterocycles. The minimum Gasteiger partial charge on any atom is -0.497 e. The van der Waals surface area contributed by atoms with Crippen LogP contribution >= 0.6 is 0 Å². The van der Waals surface area contributed by atoms with Crippen LogP contribution in [0.5, 0.6) is 5.75 Å². The first-order chi connectivity index (χ1) is 8.02. The van der Waals surface area contributed by atoms with Gasteiger partial charge in [-0.2, -0.15) is 0 Å². The van der Waals surface area contributed by atoms with E-state index in [1.54, 1.807) is 7.11 Å². The predicted octanol–water partition coefficient (Wildman–Crippen LogP) is 1.99. The molecule has 1 rings (SSSR count). The molecule has 0 aliphatic rings. The Morgan fingerprint density at radius 2 is 2.00 bits per heavy atom. The van der Waals surface area contributed by atoms with Gasteiger partial charge >= 0.3 is 5.97 Å². The van der Waals surface area contributed by atoms with Gasteiger partial charge in [0.15, 0.2) is 0 Å². The van der Waals surface area contributed by atoms with Gasteiger partial charge in [0.1, 0.15) is 5.75 Å². The van der Waals surface area contributed by atoms with Crippen molar-refractivity contribution >= 4 is 5.97 Å². The van der Waals surface area contributed by atoms with E-state index >= 15 is 0 Å². The lowest BCUT2D eigenvalue weighted by molar-refractivity contribution is -0.137. The molecule has 0 aliphatic carbocycles. The lowest BCUT2D eigenvalue weighted by Crippen LogP contribution is -2.25. The fraction of sp³-hybridized carbons (Fsp3) is 0.462. The van der Waals surface area contributed by atoms with E-state index in [2.05, 4.69) is 0 Å². The van der Waals surface area contributed by atoms with Gasteiger partial charge in [0.2, 0.25) is 0 Å². The number of aliphatic carboxylic acids is 1. The van der Waals surface area contributed by atoms with Gasteiger partial charge in [-0.05, 0) is 30.0 Å². The maximum atomic E-state index is 10.5. The number of nitrogens with two attached hydrogens (primary N) is 1. The quantitative estimate of drug-likeness (QED) is 0.793. The van der Waals surface area contributed by atoms with Crippen molar-refractivity contribution < 1.29 is 14.6 Å². The van der Waals surface area contributed by atoms with Gasteiger partial charge in [-0.1, -0.05) is 19.1 Å². The monoisotopic (exact) mass is 237 g/mol. The molecule has 0 aliphatic heterocycles. The second-order valence-corrected chi connectivity index (χ2v) is 4.27. The Bertz CT molecular complexity index is 361. The van der Waals surface area contributed by atoms with Crippen molar-refractivity contribution in [3.8, 4) is 5.75 Å². The average molecular weight is 237 g/mol. The van der Waals surface area contributed by atoms with Crippen molar-refractivity contribution in [2.75, 3.05) is 7.11 Å². The van der Waals surface area contributed by atoms with Gasteiger partial charge in [0, 0.05) is 6.04 Å². The van der Waals surface area contributed by atoms with Gasteiger partial charge in [-0.3, -0.25) is 4.79 Å². The van der Waals surface area contributed by atoms with Gasteiger partial charge in [-0.15, -0.1) is 0 Å². The molecular formula is C13H19NO3. The number of carboxylic acid groups (broad SMARTS) is 1. The van der Waals surface area contributed by atoms with E-state index in [-0.39, 0.29) is 18.4 Å². The van der Waals surface area contributed by atoms with Crippen molar-refractivity contribution in [3.63, 3.8) is 0 Å². The third kappa shape index (κ3) is 4.44. The highest BCUT2D eigenvalue weighted by Gasteiger charge is 2.13. The Labute approximate surface area is 101 Å². The fourth-order valence-electron chi connectivity index (χ4n) is 1.83. The zero-order valence-electron chi connectivity index (χ0n) is 10.2. The fourth-order valence-corrected chi connectivity index (χ4v) is 1.83. The Morgan fingerprint density at radius 1 is 1.41 bits per heavy atom. The summed E-state index contributed by atoms with van der Waals surface area (Å²) in [7, 11) is 1.63. The van der Waals surface area contributed by atoms with Gasteiger partial charge in [-0.25, -0.2) is 0 Å². The number of carbonyl (C=O) groups is 1. The molecule has 4 heteroatoms. The molecule has 0 amide bonds. The molecule has 1 aromatic carbocycles. The summed E-state index contributed by atoms with van der Waals surface area (Å²) in [6.45, 7) is 2.05. The molecule has 17 heavy (non-hydrogen) atoms. The van der Waals surface area contributed by atoms with Crippen LogP contribution in [-0.2, 0) is 4.79 Å². The number of hydrogen-bond donors (Lipinski definition) is 2. The average Bonchev–Trinajstić information content (AvgIpc) is 2.28. The first-order valence-corrected chi connectivity index (χ1v) is 5.64. The number of rotatable bonds is 6. The summed E-state index contributed by atoms with van der Waals surface area (Å²) in [4.78, 5) is 10.5. The smallest absolute Gasteiger partial charge is 0.304 e. The summed E-state index contributed by atoms with van der Waals surface area (Å²) >= 11 is 0. The Balaban J connectivity index is 2.56. The van der Waals surface area contributed by atoms with Crippen molar-refractivity contribution in [2.45, 2.75) is 31.7 Å². The molecule has 0 saturated carbocycles. The second-order valence-electron chi connectivity index (χ2n) is 4.27. The normalized spacial score (nSPS) is 14.1. The number of hydrogen-bond acceptors (Lipinski definition) is 3. The largest absolute Gasteiger partial charge is 0.497 e. The van der Waals surface area contributed by atoms with Gasteiger partial charge in [0.05, 0.1) is 13.5 Å². The van der Waals surface area contributed by atoms with Crippen molar-refractivity contribution in [1.82, 2.24) is 0 Å². The van der Waals surface area contributed by atoms with E-state index in [1.165, 1.54) is 0 Å². The third-order valence-corrected chi connectivity index (χ3v) is 2.78. The molecular weight excluding hydrogens is 218 g/mol. The SMILES string of the molecule is COc1ccc(C(C)C[C@H](N)CC(=O)O)cc1. The highest BCUT2D eigenvalue weighted by Crippen LogP contribution is 2.23. The van der Waals surface area contributed by atoms with E-state index in [4.69, 9.17) is 15.6 Å². The van der Waals surface area contributed by atoms with Crippen LogP contribution in [0, 0.1) is 0 Å². The van der Waals surface area contributed by atoms with Gasteiger partial charge in [0.25, 0.3) is 0 Å². The standard InChI is InChI=1S/C13H19NO3/c1-9(7-11(14)8-13(15)16)10-3-5-12(17-2)6-4-10/h3-6,9,11H,7-8,14H2,1-2H3,(H,15,16)/t9?,11-/m0/s1. The molecule has 0 radical (unpaired) electrons. The van der Waals surface area contributed by atoms with Crippen LogP contribution in [-0.4, -0.2) is 24.2 Å².